The van der Waals surface area contributed by atoms with Crippen LogP contribution in [-0.2, 0) is 11.3 Å². The van der Waals surface area contributed by atoms with Crippen LogP contribution in [0.5, 0.6) is 5.75 Å². The van der Waals surface area contributed by atoms with E-state index in [1.807, 2.05) is 31.2 Å². The van der Waals surface area contributed by atoms with Gasteiger partial charge >= 0.3 is 5.97 Å². The Hall–Kier alpha value is -1.52. The second-order valence-corrected chi connectivity index (χ2v) is 5.78. The van der Waals surface area contributed by atoms with Crippen molar-refractivity contribution in [3.63, 3.8) is 0 Å². The van der Waals surface area contributed by atoms with E-state index in [4.69, 9.17) is 16.3 Å². The molecular weight excluding hydrogens is 356 g/mol. The summed E-state index contributed by atoms with van der Waals surface area (Å²) in [6.45, 7) is 2.33. The average Bonchev–Trinajstić information content (AvgIpc) is 2.48. The Morgan fingerprint density at radius 3 is 2.67 bits per heavy atom. The third-order valence-corrected chi connectivity index (χ3v) is 3.99. The number of carbonyl (C=O) groups excluding carboxylic acids is 1. The average molecular weight is 370 g/mol. The van der Waals surface area contributed by atoms with E-state index in [0.29, 0.717) is 22.9 Å². The molecule has 0 atom stereocenters. The first-order valence-corrected chi connectivity index (χ1v) is 7.44. The van der Waals surface area contributed by atoms with Crippen LogP contribution in [0.15, 0.2) is 40.9 Å². The molecule has 110 valence electrons. The Labute approximate surface area is 137 Å². The summed E-state index contributed by atoms with van der Waals surface area (Å²) in [5, 5.41) is 0.572. The lowest BCUT2D eigenvalue weighted by molar-refractivity contribution is 0.0600. The summed E-state index contributed by atoms with van der Waals surface area (Å²) in [7, 11) is 1.35. The topological polar surface area (TPSA) is 35.5 Å². The van der Waals surface area contributed by atoms with Crippen molar-refractivity contribution in [2.45, 2.75) is 13.5 Å². The smallest absolute Gasteiger partial charge is 0.337 e. The van der Waals surface area contributed by atoms with E-state index in [9.17, 15) is 4.79 Å². The minimum Gasteiger partial charge on any atom is -0.487 e. The number of ether oxygens (including phenoxy) is 2. The number of hydrogen-bond donors (Lipinski definition) is 0. The molecule has 0 N–H and O–H groups in total. The molecule has 3 nitrogen and oxygen atoms in total. The molecule has 2 rings (SSSR count). The number of rotatable bonds is 4. The molecular formula is C16H14BrClO3. The molecule has 0 bridgehead atoms. The van der Waals surface area contributed by atoms with Gasteiger partial charge in [-0.2, -0.15) is 0 Å². The molecule has 0 heterocycles. The van der Waals surface area contributed by atoms with Gasteiger partial charge in [-0.25, -0.2) is 4.79 Å². The lowest BCUT2D eigenvalue weighted by Gasteiger charge is -2.11. The second kappa shape index (κ2) is 6.96. The van der Waals surface area contributed by atoms with Crippen LogP contribution in [0.25, 0.3) is 0 Å². The zero-order valence-electron chi connectivity index (χ0n) is 11.7. The fourth-order valence-electron chi connectivity index (χ4n) is 1.79. The molecule has 2 aromatic carbocycles. The molecule has 0 aliphatic rings. The summed E-state index contributed by atoms with van der Waals surface area (Å²) < 4.78 is 11.2. The summed E-state index contributed by atoms with van der Waals surface area (Å²) in [4.78, 5) is 11.4. The first kappa shape index (κ1) is 15.9. The Morgan fingerprint density at radius 2 is 2.00 bits per heavy atom. The fourth-order valence-corrected chi connectivity index (χ4v) is 2.45. The number of esters is 1. The van der Waals surface area contributed by atoms with Crippen LogP contribution in [0.3, 0.4) is 0 Å². The number of halogens is 2. The van der Waals surface area contributed by atoms with Crippen molar-refractivity contribution in [1.29, 1.82) is 0 Å². The largest absolute Gasteiger partial charge is 0.487 e. The highest BCUT2D eigenvalue weighted by atomic mass is 79.9. The summed E-state index contributed by atoms with van der Waals surface area (Å²) in [6, 6.07) is 10.9. The monoisotopic (exact) mass is 368 g/mol. The number of methoxy groups -OCH3 is 1. The molecule has 0 unspecified atom stereocenters. The van der Waals surface area contributed by atoms with E-state index in [2.05, 4.69) is 20.7 Å². The van der Waals surface area contributed by atoms with Gasteiger partial charge in [0.05, 0.1) is 17.7 Å². The molecule has 2 aromatic rings. The van der Waals surface area contributed by atoms with E-state index in [1.165, 1.54) is 7.11 Å². The minimum atomic E-state index is -0.370. The first-order valence-electron chi connectivity index (χ1n) is 6.27. The number of benzene rings is 2. The Kier molecular flexibility index (Phi) is 5.26. The number of aryl methyl sites for hydroxylation is 1. The van der Waals surface area contributed by atoms with Crippen LogP contribution in [0.4, 0.5) is 0 Å². The van der Waals surface area contributed by atoms with Crippen molar-refractivity contribution >= 4 is 33.5 Å². The molecule has 0 saturated heterocycles. The lowest BCUT2D eigenvalue weighted by Crippen LogP contribution is -2.03. The van der Waals surface area contributed by atoms with Gasteiger partial charge in [0.15, 0.2) is 0 Å². The zero-order chi connectivity index (χ0) is 15.4. The fraction of sp³-hybridized carbons (Fsp3) is 0.188. The van der Waals surface area contributed by atoms with Crippen molar-refractivity contribution in [1.82, 2.24) is 0 Å². The van der Waals surface area contributed by atoms with E-state index in [-0.39, 0.29) is 5.97 Å². The third kappa shape index (κ3) is 3.99. The summed E-state index contributed by atoms with van der Waals surface area (Å²) in [6.07, 6.45) is 0. The molecule has 0 saturated carbocycles. The van der Waals surface area contributed by atoms with Crippen LogP contribution in [-0.4, -0.2) is 13.1 Å². The number of carbonyl (C=O) groups is 1. The minimum absolute atomic E-state index is 0.352. The SMILES string of the molecule is COC(=O)c1ccc(COc2cc(C)ccc2Cl)c(Br)c1. The second-order valence-electron chi connectivity index (χ2n) is 4.52. The van der Waals surface area contributed by atoms with Gasteiger partial charge in [-0.05, 0) is 36.8 Å². The van der Waals surface area contributed by atoms with Gasteiger partial charge in [-0.15, -0.1) is 0 Å². The Balaban J connectivity index is 2.13. The zero-order valence-corrected chi connectivity index (χ0v) is 14.0. The molecule has 5 heteroatoms. The summed E-state index contributed by atoms with van der Waals surface area (Å²) in [5.74, 6) is 0.269. The van der Waals surface area contributed by atoms with Crippen molar-refractivity contribution in [2.24, 2.45) is 0 Å². The predicted octanol–water partition coefficient (Wildman–Crippen LogP) is 4.78. The van der Waals surface area contributed by atoms with Gasteiger partial charge in [0.2, 0.25) is 0 Å². The van der Waals surface area contributed by atoms with Crippen molar-refractivity contribution < 1.29 is 14.3 Å². The maximum atomic E-state index is 11.4. The molecule has 0 aliphatic carbocycles. The van der Waals surface area contributed by atoms with E-state index in [0.717, 1.165) is 15.6 Å². The maximum absolute atomic E-state index is 11.4. The highest BCUT2D eigenvalue weighted by molar-refractivity contribution is 9.10. The van der Waals surface area contributed by atoms with E-state index >= 15 is 0 Å². The molecule has 0 aliphatic heterocycles. The van der Waals surface area contributed by atoms with Gasteiger partial charge in [-0.3, -0.25) is 0 Å². The Bertz CT molecular complexity index is 671. The first-order chi connectivity index (χ1) is 10.0. The summed E-state index contributed by atoms with van der Waals surface area (Å²) >= 11 is 9.52. The van der Waals surface area contributed by atoms with Gasteiger partial charge in [0.25, 0.3) is 0 Å². The van der Waals surface area contributed by atoms with Crippen LogP contribution in [0.2, 0.25) is 5.02 Å². The van der Waals surface area contributed by atoms with Gasteiger partial charge in [-0.1, -0.05) is 39.7 Å². The van der Waals surface area contributed by atoms with E-state index in [1.54, 1.807) is 12.1 Å². The molecule has 0 fully saturated rings. The number of hydrogen-bond acceptors (Lipinski definition) is 3. The van der Waals surface area contributed by atoms with Gasteiger partial charge < -0.3 is 9.47 Å². The lowest BCUT2D eigenvalue weighted by atomic mass is 10.1. The van der Waals surface area contributed by atoms with Crippen LogP contribution >= 0.6 is 27.5 Å². The van der Waals surface area contributed by atoms with E-state index < -0.39 is 0 Å². The predicted molar refractivity (Wildman–Crippen MR) is 86.0 cm³/mol. The van der Waals surface area contributed by atoms with Gasteiger partial charge in [0, 0.05) is 10.0 Å². The standard InChI is InChI=1S/C16H14BrClO3/c1-10-3-6-14(18)15(7-10)21-9-12-5-4-11(8-13(12)17)16(19)20-2/h3-8H,9H2,1-2H3. The Morgan fingerprint density at radius 1 is 1.24 bits per heavy atom. The maximum Gasteiger partial charge on any atom is 0.337 e. The van der Waals surface area contributed by atoms with Gasteiger partial charge in [0.1, 0.15) is 12.4 Å². The van der Waals surface area contributed by atoms with Crippen LogP contribution in [0.1, 0.15) is 21.5 Å². The van der Waals surface area contributed by atoms with Crippen molar-refractivity contribution in [3.05, 3.63) is 62.6 Å². The van der Waals surface area contributed by atoms with Crippen LogP contribution < -0.4 is 4.74 Å². The quantitative estimate of drug-likeness (QED) is 0.728. The van der Waals surface area contributed by atoms with Crippen molar-refractivity contribution in [3.8, 4) is 5.75 Å². The summed E-state index contributed by atoms with van der Waals surface area (Å²) in [5.41, 5.74) is 2.48. The molecule has 0 amide bonds. The van der Waals surface area contributed by atoms with Crippen molar-refractivity contribution in [2.75, 3.05) is 7.11 Å². The highest BCUT2D eigenvalue weighted by Crippen LogP contribution is 2.27. The molecule has 0 spiro atoms. The normalized spacial score (nSPS) is 10.3. The molecule has 21 heavy (non-hydrogen) atoms. The van der Waals surface area contributed by atoms with Crippen LogP contribution in [0, 0.1) is 6.92 Å². The molecule has 0 aromatic heterocycles. The third-order valence-electron chi connectivity index (χ3n) is 2.94. The highest BCUT2D eigenvalue weighted by Gasteiger charge is 2.09. The molecule has 0 radical (unpaired) electrons.